The topological polar surface area (TPSA) is 0 Å². The van der Waals surface area contributed by atoms with Crippen LogP contribution in [-0.2, 0) is 0 Å². The van der Waals surface area contributed by atoms with E-state index >= 15 is 0 Å². The fourth-order valence-corrected chi connectivity index (χ4v) is 1.56. The van der Waals surface area contributed by atoms with Crippen molar-refractivity contribution in [2.24, 2.45) is 0 Å². The number of hydrogen-bond acceptors (Lipinski definition) is 0. The Morgan fingerprint density at radius 2 is 2.17 bits per heavy atom. The molecule has 1 unspecified atom stereocenters. The van der Waals surface area contributed by atoms with E-state index in [-0.39, 0.29) is 5.92 Å². The van der Waals surface area contributed by atoms with Crippen molar-refractivity contribution in [3.63, 3.8) is 0 Å². The average Bonchev–Trinajstić information content (AvgIpc) is 2.08. The molecule has 0 saturated heterocycles. The fourth-order valence-electron chi connectivity index (χ4n) is 0.926. The molecule has 0 bridgehead atoms. The Balaban J connectivity index is 3.12. The summed E-state index contributed by atoms with van der Waals surface area (Å²) in [6.45, 7) is 7.58. The number of benzene rings is 1. The zero-order valence-electron chi connectivity index (χ0n) is 6.56. The maximum Gasteiger partial charge on any atom is 0.0444 e. The first kappa shape index (κ1) is 9.82. The quantitative estimate of drug-likeness (QED) is 0.684. The maximum absolute atomic E-state index is 5.96. The van der Waals surface area contributed by atoms with Crippen LogP contribution >= 0.6 is 27.5 Å². The molecule has 0 aromatic heterocycles. The van der Waals surface area contributed by atoms with Crippen LogP contribution in [-0.4, -0.2) is 0 Å². The van der Waals surface area contributed by atoms with Crippen LogP contribution in [0.1, 0.15) is 11.5 Å². The van der Waals surface area contributed by atoms with Gasteiger partial charge in [0.05, 0.1) is 0 Å². The van der Waals surface area contributed by atoms with E-state index in [1.807, 2.05) is 18.2 Å². The lowest BCUT2D eigenvalue weighted by molar-refractivity contribution is 1.08. The van der Waals surface area contributed by atoms with E-state index in [0.717, 1.165) is 15.1 Å². The predicted molar refractivity (Wildman–Crippen MR) is 57.4 cm³/mol. The molecule has 0 heterocycles. The molecule has 0 saturated carbocycles. The van der Waals surface area contributed by atoms with Gasteiger partial charge in [-0.1, -0.05) is 33.6 Å². The fraction of sp³-hybridized carbons (Fsp3) is 0.100. The van der Waals surface area contributed by atoms with Crippen molar-refractivity contribution in [2.45, 2.75) is 5.92 Å². The smallest absolute Gasteiger partial charge is 0.0444 e. The van der Waals surface area contributed by atoms with Crippen LogP contribution in [0.2, 0.25) is 5.02 Å². The SMILES string of the molecule is [CH2]C(C=C)c1cc(Br)ccc1Cl. The third-order valence-corrected chi connectivity index (χ3v) is 2.48. The molecule has 0 amide bonds. The number of rotatable bonds is 2. The summed E-state index contributed by atoms with van der Waals surface area (Å²) in [5.41, 5.74) is 1.00. The van der Waals surface area contributed by atoms with Gasteiger partial charge >= 0.3 is 0 Å². The van der Waals surface area contributed by atoms with Gasteiger partial charge in [0.15, 0.2) is 0 Å². The molecule has 1 atom stereocenters. The summed E-state index contributed by atoms with van der Waals surface area (Å²) in [5.74, 6) is 0.0509. The molecule has 0 fully saturated rings. The molecular formula is C10H9BrCl. The van der Waals surface area contributed by atoms with Gasteiger partial charge in [0.2, 0.25) is 0 Å². The lowest BCUT2D eigenvalue weighted by Gasteiger charge is -2.08. The summed E-state index contributed by atoms with van der Waals surface area (Å²) in [6, 6.07) is 5.71. The van der Waals surface area contributed by atoms with E-state index in [0.29, 0.717) is 0 Å². The van der Waals surface area contributed by atoms with E-state index < -0.39 is 0 Å². The second-order valence-electron chi connectivity index (χ2n) is 2.51. The summed E-state index contributed by atoms with van der Waals surface area (Å²) in [6.07, 6.45) is 1.77. The number of halogens is 2. The first-order chi connectivity index (χ1) is 5.65. The summed E-state index contributed by atoms with van der Waals surface area (Å²) < 4.78 is 1.01. The van der Waals surface area contributed by atoms with Crippen molar-refractivity contribution in [1.82, 2.24) is 0 Å². The Hall–Kier alpha value is -0.270. The first-order valence-electron chi connectivity index (χ1n) is 3.55. The molecular weight excluding hydrogens is 235 g/mol. The minimum atomic E-state index is 0.0509. The van der Waals surface area contributed by atoms with Gasteiger partial charge in [0, 0.05) is 15.4 Å². The van der Waals surface area contributed by atoms with Crippen LogP contribution in [0.4, 0.5) is 0 Å². The van der Waals surface area contributed by atoms with Crippen molar-refractivity contribution >= 4 is 27.5 Å². The normalized spacial score (nSPS) is 12.6. The third kappa shape index (κ3) is 2.11. The Labute approximate surface area is 86.4 Å². The lowest BCUT2D eigenvalue weighted by atomic mass is 10.0. The van der Waals surface area contributed by atoms with Crippen molar-refractivity contribution in [1.29, 1.82) is 0 Å². The highest BCUT2D eigenvalue weighted by atomic mass is 79.9. The molecule has 1 aromatic carbocycles. The van der Waals surface area contributed by atoms with E-state index in [2.05, 4.69) is 29.4 Å². The Morgan fingerprint density at radius 3 is 2.75 bits per heavy atom. The number of hydrogen-bond donors (Lipinski definition) is 0. The van der Waals surface area contributed by atoms with Gasteiger partial charge in [0.25, 0.3) is 0 Å². The molecule has 63 valence electrons. The van der Waals surface area contributed by atoms with Gasteiger partial charge in [-0.05, 0) is 30.7 Å². The maximum atomic E-state index is 5.96. The molecule has 1 aromatic rings. The summed E-state index contributed by atoms with van der Waals surface area (Å²) >= 11 is 9.33. The summed E-state index contributed by atoms with van der Waals surface area (Å²) in [5, 5.41) is 0.734. The minimum absolute atomic E-state index is 0.0509. The molecule has 0 N–H and O–H groups in total. The molecule has 0 aliphatic rings. The van der Waals surface area contributed by atoms with Crippen LogP contribution in [0.5, 0.6) is 0 Å². The van der Waals surface area contributed by atoms with E-state index in [1.54, 1.807) is 6.08 Å². The summed E-state index contributed by atoms with van der Waals surface area (Å²) in [7, 11) is 0. The highest BCUT2D eigenvalue weighted by Gasteiger charge is 2.05. The second-order valence-corrected chi connectivity index (χ2v) is 3.83. The van der Waals surface area contributed by atoms with Crippen LogP contribution in [0.15, 0.2) is 35.3 Å². The van der Waals surface area contributed by atoms with Crippen LogP contribution in [0.3, 0.4) is 0 Å². The van der Waals surface area contributed by atoms with Crippen LogP contribution < -0.4 is 0 Å². The van der Waals surface area contributed by atoms with E-state index in [1.165, 1.54) is 0 Å². The third-order valence-electron chi connectivity index (χ3n) is 1.64. The molecule has 0 nitrogen and oxygen atoms in total. The van der Waals surface area contributed by atoms with Gasteiger partial charge < -0.3 is 0 Å². The monoisotopic (exact) mass is 243 g/mol. The Bertz CT molecular complexity index is 294. The molecule has 0 aliphatic heterocycles. The van der Waals surface area contributed by atoms with Gasteiger partial charge in [-0.3, -0.25) is 0 Å². The largest absolute Gasteiger partial charge is 0.102 e. The zero-order valence-corrected chi connectivity index (χ0v) is 8.90. The number of allylic oxidation sites excluding steroid dienone is 1. The second kappa shape index (κ2) is 4.11. The highest BCUT2D eigenvalue weighted by molar-refractivity contribution is 9.10. The molecule has 0 aliphatic carbocycles. The highest BCUT2D eigenvalue weighted by Crippen LogP contribution is 2.27. The molecule has 1 rings (SSSR count). The van der Waals surface area contributed by atoms with Crippen molar-refractivity contribution in [3.8, 4) is 0 Å². The Kier molecular flexibility index (Phi) is 3.36. The average molecular weight is 245 g/mol. The van der Waals surface area contributed by atoms with E-state index in [4.69, 9.17) is 11.6 Å². The van der Waals surface area contributed by atoms with Gasteiger partial charge in [-0.25, -0.2) is 0 Å². The van der Waals surface area contributed by atoms with Crippen molar-refractivity contribution < 1.29 is 0 Å². The van der Waals surface area contributed by atoms with Crippen molar-refractivity contribution in [2.75, 3.05) is 0 Å². The molecule has 0 spiro atoms. The van der Waals surface area contributed by atoms with Gasteiger partial charge in [0.1, 0.15) is 0 Å². The van der Waals surface area contributed by atoms with Crippen LogP contribution in [0, 0.1) is 6.92 Å². The molecule has 12 heavy (non-hydrogen) atoms. The van der Waals surface area contributed by atoms with Gasteiger partial charge in [-0.2, -0.15) is 0 Å². The van der Waals surface area contributed by atoms with Crippen LogP contribution in [0.25, 0.3) is 0 Å². The first-order valence-corrected chi connectivity index (χ1v) is 4.73. The van der Waals surface area contributed by atoms with Gasteiger partial charge in [-0.15, -0.1) is 6.58 Å². The summed E-state index contributed by atoms with van der Waals surface area (Å²) in [4.78, 5) is 0. The lowest BCUT2D eigenvalue weighted by Crippen LogP contribution is -1.89. The molecule has 2 heteroatoms. The standard InChI is InChI=1S/C10H9BrCl/c1-3-7(2)9-6-8(11)4-5-10(9)12/h3-7H,1-2H2. The molecule has 1 radical (unpaired) electrons. The van der Waals surface area contributed by atoms with E-state index in [9.17, 15) is 0 Å². The zero-order chi connectivity index (χ0) is 9.14. The Morgan fingerprint density at radius 1 is 1.50 bits per heavy atom. The predicted octanol–water partition coefficient (Wildman–Crippen LogP) is 4.21. The van der Waals surface area contributed by atoms with Crippen molar-refractivity contribution in [3.05, 3.63) is 52.8 Å². The minimum Gasteiger partial charge on any atom is -0.102 e.